The zero-order valence-electron chi connectivity index (χ0n) is 17.2. The molecule has 0 amide bonds. The maximum Gasteiger partial charge on any atom is 0.256 e. The molecule has 2 heterocycles. The first kappa shape index (κ1) is 23.4. The number of hydrogen-bond donors (Lipinski definition) is 2. The molecule has 1 aromatic carbocycles. The van der Waals surface area contributed by atoms with E-state index in [2.05, 4.69) is 28.5 Å². The van der Waals surface area contributed by atoms with Crippen LogP contribution in [0.4, 0.5) is 0 Å². The lowest BCUT2D eigenvalue weighted by atomic mass is 9.93. The van der Waals surface area contributed by atoms with E-state index in [0.717, 1.165) is 36.4 Å². The minimum Gasteiger partial charge on any atom is -0.306 e. The minimum atomic E-state index is -4.01. The lowest BCUT2D eigenvalue weighted by Gasteiger charge is -2.32. The molecule has 0 saturated carbocycles. The van der Waals surface area contributed by atoms with Gasteiger partial charge in [0.05, 0.1) is 11.2 Å². The van der Waals surface area contributed by atoms with Gasteiger partial charge in [-0.25, -0.2) is 16.8 Å². The van der Waals surface area contributed by atoms with Gasteiger partial charge in [-0.3, -0.25) is 0 Å². The second kappa shape index (κ2) is 9.88. The number of sulfonamides is 2. The fourth-order valence-electron chi connectivity index (χ4n) is 3.72. The maximum absolute atomic E-state index is 13.1. The molecule has 2 unspecified atom stereocenters. The van der Waals surface area contributed by atoms with E-state index in [4.69, 9.17) is 0 Å². The Balaban J connectivity index is 1.80. The van der Waals surface area contributed by atoms with Crippen LogP contribution < -0.4 is 10.1 Å². The van der Waals surface area contributed by atoms with E-state index in [-0.39, 0.29) is 17.5 Å². The Hall–Kier alpha value is -1.30. The number of nitrogens with zero attached hydrogens (tertiary/aromatic N) is 1. The summed E-state index contributed by atoms with van der Waals surface area (Å²) in [4.78, 5) is 3.45. The third-order valence-corrected chi connectivity index (χ3v) is 8.59. The molecule has 0 aliphatic carbocycles. The maximum atomic E-state index is 13.1. The van der Waals surface area contributed by atoms with Gasteiger partial charge in [0.2, 0.25) is 10.0 Å². The average molecular weight is 472 g/mol. The van der Waals surface area contributed by atoms with Gasteiger partial charge in [-0.1, -0.05) is 38.0 Å². The molecule has 7 nitrogen and oxygen atoms in total. The van der Waals surface area contributed by atoms with E-state index in [1.807, 2.05) is 0 Å². The minimum absolute atomic E-state index is 0.00885. The second-order valence-electron chi connectivity index (χ2n) is 7.61. The molecule has 2 N–H and O–H groups in total. The van der Waals surface area contributed by atoms with Gasteiger partial charge in [-0.15, -0.1) is 20.6 Å². The highest BCUT2D eigenvalue weighted by molar-refractivity contribution is 7.91. The van der Waals surface area contributed by atoms with E-state index in [1.54, 1.807) is 29.5 Å². The van der Waals surface area contributed by atoms with Gasteiger partial charge >= 0.3 is 0 Å². The molecule has 0 saturated heterocycles. The van der Waals surface area contributed by atoms with Crippen molar-refractivity contribution < 1.29 is 16.8 Å². The van der Waals surface area contributed by atoms with E-state index in [0.29, 0.717) is 12.5 Å². The fourth-order valence-corrected chi connectivity index (χ4v) is 7.12. The first-order chi connectivity index (χ1) is 14.2. The van der Waals surface area contributed by atoms with Crippen molar-refractivity contribution in [3.8, 4) is 0 Å². The number of hydrogen-bond acceptors (Lipinski definition) is 6. The van der Waals surface area contributed by atoms with Crippen molar-refractivity contribution in [1.29, 1.82) is 0 Å². The third kappa shape index (κ3) is 5.89. The van der Waals surface area contributed by atoms with Gasteiger partial charge in [0, 0.05) is 23.5 Å². The summed E-state index contributed by atoms with van der Waals surface area (Å²) in [7, 11) is -7.77. The molecule has 30 heavy (non-hydrogen) atoms. The van der Waals surface area contributed by atoms with Crippen LogP contribution in [0.2, 0.25) is 0 Å². The molecule has 1 aromatic heterocycles. The van der Waals surface area contributed by atoms with Crippen molar-refractivity contribution in [3.63, 3.8) is 0 Å². The monoisotopic (exact) mass is 471 g/mol. The molecule has 0 fully saturated rings. The van der Waals surface area contributed by atoms with Crippen molar-refractivity contribution >= 4 is 31.4 Å². The van der Waals surface area contributed by atoms with E-state index in [1.165, 1.54) is 22.6 Å². The lowest BCUT2D eigenvalue weighted by molar-refractivity contribution is 0.317. The quantitative estimate of drug-likeness (QED) is 0.519. The van der Waals surface area contributed by atoms with E-state index < -0.39 is 20.0 Å². The summed E-state index contributed by atoms with van der Waals surface area (Å²) in [6.45, 7) is 2.19. The molecule has 0 radical (unpaired) electrons. The number of thiophene rings is 1. The zero-order valence-corrected chi connectivity index (χ0v) is 19.7. The van der Waals surface area contributed by atoms with Crippen molar-refractivity contribution in [2.24, 2.45) is 0 Å². The summed E-state index contributed by atoms with van der Waals surface area (Å²) in [6, 6.07) is 10.3. The Morgan fingerprint density at radius 1 is 1.13 bits per heavy atom. The summed E-state index contributed by atoms with van der Waals surface area (Å²) in [5.74, 6) is 0. The number of fused-ring (bicyclic) bond motifs is 1. The lowest BCUT2D eigenvalue weighted by Crippen LogP contribution is -2.47. The van der Waals surface area contributed by atoms with Gasteiger partial charge in [-0.2, -0.15) is 0 Å². The number of nitrogens with one attached hydrogen (secondary N) is 2. The molecular weight excluding hydrogens is 442 g/mol. The van der Waals surface area contributed by atoms with Crippen LogP contribution in [0.3, 0.4) is 0 Å². The Labute approximate surface area is 183 Å². The summed E-state index contributed by atoms with van der Waals surface area (Å²) < 4.78 is 50.7. The Morgan fingerprint density at radius 2 is 1.87 bits per heavy atom. The van der Waals surface area contributed by atoms with Crippen LogP contribution in [0.25, 0.3) is 0 Å². The van der Waals surface area contributed by atoms with Crippen LogP contribution in [-0.2, 0) is 26.5 Å². The third-order valence-electron chi connectivity index (χ3n) is 5.13. The van der Waals surface area contributed by atoms with Crippen LogP contribution >= 0.6 is 11.3 Å². The van der Waals surface area contributed by atoms with Crippen LogP contribution in [0, 0.1) is 0 Å². The summed E-state index contributed by atoms with van der Waals surface area (Å²) >= 11 is 1.66. The Kier molecular flexibility index (Phi) is 7.70. The second-order valence-corrected chi connectivity index (χ2v) is 12.2. The molecule has 10 heteroatoms. The fraction of sp³-hybridized carbons (Fsp3) is 0.500. The first-order valence-corrected chi connectivity index (χ1v) is 14.3. The first-order valence-electron chi connectivity index (χ1n) is 10.1. The largest absolute Gasteiger partial charge is 0.306 e. The van der Waals surface area contributed by atoms with Gasteiger partial charge in [0.15, 0.2) is 0 Å². The highest BCUT2D eigenvalue weighted by Gasteiger charge is 2.31. The number of benzene rings is 1. The standard InChI is InChI=1S/C20H29N3O4S3/c1-3-4-8-17-15-16-12-14-28-20(16)19(21-17)11-13-23(22-29(2,24)25)30(26,27)18-9-6-5-7-10-18/h5-7,9-10,12,14,17,19,21-22H,3-4,8,11,13,15H2,1-2H3. The molecule has 1 aliphatic heterocycles. The van der Waals surface area contributed by atoms with Crippen LogP contribution in [0.1, 0.15) is 49.1 Å². The number of rotatable bonds is 10. The normalized spacial score (nSPS) is 19.7. The molecule has 0 bridgehead atoms. The molecule has 166 valence electrons. The predicted octanol–water partition coefficient (Wildman–Crippen LogP) is 3.04. The van der Waals surface area contributed by atoms with Crippen molar-refractivity contribution in [2.75, 3.05) is 12.8 Å². The highest BCUT2D eigenvalue weighted by atomic mass is 32.2. The Bertz CT molecular complexity index is 1040. The van der Waals surface area contributed by atoms with Gasteiger partial charge in [-0.05, 0) is 48.4 Å². The summed E-state index contributed by atoms with van der Waals surface area (Å²) in [5.41, 5.74) is 1.30. The van der Waals surface area contributed by atoms with E-state index >= 15 is 0 Å². The molecule has 3 rings (SSSR count). The Morgan fingerprint density at radius 3 is 2.53 bits per heavy atom. The molecule has 1 aliphatic rings. The highest BCUT2D eigenvalue weighted by Crippen LogP contribution is 2.33. The predicted molar refractivity (Wildman–Crippen MR) is 120 cm³/mol. The van der Waals surface area contributed by atoms with Gasteiger partial charge < -0.3 is 5.32 Å². The van der Waals surface area contributed by atoms with Gasteiger partial charge in [0.25, 0.3) is 10.0 Å². The van der Waals surface area contributed by atoms with Crippen molar-refractivity contribution in [1.82, 2.24) is 14.6 Å². The van der Waals surface area contributed by atoms with E-state index in [9.17, 15) is 16.8 Å². The molecule has 0 spiro atoms. The van der Waals surface area contributed by atoms with Crippen molar-refractivity contribution in [3.05, 3.63) is 52.2 Å². The number of unbranched alkanes of at least 4 members (excludes halogenated alkanes) is 1. The topological polar surface area (TPSA) is 95.6 Å². The summed E-state index contributed by atoms with van der Waals surface area (Å²) in [6.07, 6.45) is 5.72. The molecular formula is C20H29N3O4S3. The number of hydrazine groups is 1. The van der Waals surface area contributed by atoms with Gasteiger partial charge in [0.1, 0.15) is 0 Å². The zero-order chi connectivity index (χ0) is 21.8. The average Bonchev–Trinajstić information content (AvgIpc) is 3.18. The molecule has 2 aromatic rings. The van der Waals surface area contributed by atoms with Crippen LogP contribution in [0.15, 0.2) is 46.7 Å². The SMILES string of the molecule is CCCCC1Cc2ccsc2C(CCN(NS(C)(=O)=O)S(=O)(=O)c2ccccc2)N1. The molecule has 2 atom stereocenters. The smallest absolute Gasteiger partial charge is 0.256 e. The van der Waals surface area contributed by atoms with Crippen LogP contribution in [0.5, 0.6) is 0 Å². The summed E-state index contributed by atoms with van der Waals surface area (Å²) in [5, 5.41) is 5.72. The van der Waals surface area contributed by atoms with Crippen LogP contribution in [-0.4, -0.2) is 40.1 Å². The van der Waals surface area contributed by atoms with Crippen molar-refractivity contribution in [2.45, 2.75) is 56.0 Å².